The lowest BCUT2D eigenvalue weighted by atomic mass is 10.2. The minimum Gasteiger partial charge on any atom is -0.425 e. The summed E-state index contributed by atoms with van der Waals surface area (Å²) in [5.41, 5.74) is 2.79. The van der Waals surface area contributed by atoms with Gasteiger partial charge in [0.05, 0.1) is 16.8 Å². The van der Waals surface area contributed by atoms with Crippen molar-refractivity contribution in [2.45, 2.75) is 13.5 Å². The molecule has 0 radical (unpaired) electrons. The third-order valence-corrected chi connectivity index (χ3v) is 3.14. The largest absolute Gasteiger partial charge is 0.425 e. The number of aromatic nitrogens is 1. The zero-order valence-electron chi connectivity index (χ0n) is 8.90. The van der Waals surface area contributed by atoms with Gasteiger partial charge in [0, 0.05) is 5.56 Å². The molecule has 2 aromatic rings. The Labute approximate surface area is 91.2 Å². The summed E-state index contributed by atoms with van der Waals surface area (Å²) in [7, 11) is 3.88. The minimum atomic E-state index is -0.339. The van der Waals surface area contributed by atoms with Gasteiger partial charge in [-0.3, -0.25) is 0 Å². The Bertz CT molecular complexity index is 542. The second-order valence-corrected chi connectivity index (χ2v) is 4.56. The molecule has 0 amide bonds. The molecular weight excluding hydrogens is 212 g/mol. The third-order valence-electron chi connectivity index (χ3n) is 2.20. The molecule has 0 aromatic carbocycles. The molecule has 15 heavy (non-hydrogen) atoms. The predicted octanol–water partition coefficient (Wildman–Crippen LogP) is 1.62. The van der Waals surface area contributed by atoms with Crippen molar-refractivity contribution in [2.24, 2.45) is 0 Å². The lowest BCUT2D eigenvalue weighted by molar-refractivity contribution is 0.336. The Morgan fingerprint density at radius 2 is 2.27 bits per heavy atom. The van der Waals surface area contributed by atoms with Crippen molar-refractivity contribution in [3.05, 3.63) is 27.3 Å². The smallest absolute Gasteiger partial charge is 0.363 e. The molecule has 0 saturated heterocycles. The Hall–Kier alpha value is -1.20. The summed E-state index contributed by atoms with van der Waals surface area (Å²) in [4.78, 5) is 17.5. The van der Waals surface area contributed by atoms with Crippen LogP contribution in [0.3, 0.4) is 0 Å². The van der Waals surface area contributed by atoms with Gasteiger partial charge in [0.2, 0.25) is 0 Å². The molecular formula is C10H12N2O2S. The molecule has 2 heterocycles. The summed E-state index contributed by atoms with van der Waals surface area (Å²) in [6.45, 7) is 2.59. The standard InChI is InChI=1S/C10H12N2O2S/c1-6-7(4-12(2)3)14-10(13)8-9(6)15-5-11-8/h5H,4H2,1-3H3. The van der Waals surface area contributed by atoms with Gasteiger partial charge in [-0.25, -0.2) is 9.78 Å². The van der Waals surface area contributed by atoms with Crippen LogP contribution in [0.5, 0.6) is 0 Å². The van der Waals surface area contributed by atoms with Gasteiger partial charge >= 0.3 is 5.63 Å². The van der Waals surface area contributed by atoms with Gasteiger partial charge in [0.1, 0.15) is 5.76 Å². The van der Waals surface area contributed by atoms with Crippen molar-refractivity contribution < 1.29 is 4.42 Å². The van der Waals surface area contributed by atoms with Crippen molar-refractivity contribution >= 4 is 21.6 Å². The third kappa shape index (κ3) is 1.80. The molecule has 0 unspecified atom stereocenters. The highest BCUT2D eigenvalue weighted by Gasteiger charge is 2.12. The maximum atomic E-state index is 11.6. The number of hydrogen-bond donors (Lipinski definition) is 0. The molecule has 0 bridgehead atoms. The highest BCUT2D eigenvalue weighted by atomic mass is 32.1. The SMILES string of the molecule is Cc1c(CN(C)C)oc(=O)c2ncsc12. The Morgan fingerprint density at radius 3 is 2.93 bits per heavy atom. The van der Waals surface area contributed by atoms with Crippen LogP contribution >= 0.6 is 11.3 Å². The first-order valence-corrected chi connectivity index (χ1v) is 5.48. The number of thiazole rings is 1. The van der Waals surface area contributed by atoms with E-state index in [1.165, 1.54) is 11.3 Å². The van der Waals surface area contributed by atoms with E-state index in [0.29, 0.717) is 12.1 Å². The molecule has 0 saturated carbocycles. The topological polar surface area (TPSA) is 46.3 Å². The number of hydrogen-bond acceptors (Lipinski definition) is 5. The number of rotatable bonds is 2. The molecule has 4 nitrogen and oxygen atoms in total. The van der Waals surface area contributed by atoms with Gasteiger partial charge < -0.3 is 9.32 Å². The fraction of sp³-hybridized carbons (Fsp3) is 0.400. The average molecular weight is 224 g/mol. The summed E-state index contributed by atoms with van der Waals surface area (Å²) in [6.07, 6.45) is 0. The Morgan fingerprint density at radius 1 is 1.53 bits per heavy atom. The zero-order valence-corrected chi connectivity index (χ0v) is 9.72. The van der Waals surface area contributed by atoms with Gasteiger partial charge in [-0.1, -0.05) is 0 Å². The fourth-order valence-electron chi connectivity index (χ4n) is 1.46. The molecule has 0 atom stereocenters. The molecule has 0 aliphatic carbocycles. The first-order chi connectivity index (χ1) is 7.09. The van der Waals surface area contributed by atoms with Crippen molar-refractivity contribution in [1.82, 2.24) is 9.88 Å². The van der Waals surface area contributed by atoms with Crippen molar-refractivity contribution in [1.29, 1.82) is 0 Å². The molecule has 0 aliphatic heterocycles. The summed E-state index contributed by atoms with van der Waals surface area (Å²) >= 11 is 1.48. The summed E-state index contributed by atoms with van der Waals surface area (Å²) in [5.74, 6) is 0.724. The van der Waals surface area contributed by atoms with Crippen LogP contribution in [-0.4, -0.2) is 24.0 Å². The van der Waals surface area contributed by atoms with E-state index in [0.717, 1.165) is 16.0 Å². The van der Waals surface area contributed by atoms with Gasteiger partial charge in [0.25, 0.3) is 0 Å². The number of aryl methyl sites for hydroxylation is 1. The molecule has 80 valence electrons. The average Bonchev–Trinajstić information content (AvgIpc) is 2.61. The lowest BCUT2D eigenvalue weighted by Crippen LogP contribution is -2.14. The van der Waals surface area contributed by atoms with Crippen LogP contribution < -0.4 is 5.63 Å². The van der Waals surface area contributed by atoms with Crippen molar-refractivity contribution in [2.75, 3.05) is 14.1 Å². The normalized spacial score (nSPS) is 11.5. The van der Waals surface area contributed by atoms with E-state index in [2.05, 4.69) is 4.98 Å². The van der Waals surface area contributed by atoms with E-state index in [9.17, 15) is 4.79 Å². The van der Waals surface area contributed by atoms with Crippen molar-refractivity contribution in [3.63, 3.8) is 0 Å². The first-order valence-electron chi connectivity index (χ1n) is 4.60. The lowest BCUT2D eigenvalue weighted by Gasteiger charge is -2.10. The van der Waals surface area contributed by atoms with Crippen LogP contribution in [0.1, 0.15) is 11.3 Å². The van der Waals surface area contributed by atoms with Crippen LogP contribution in [0.15, 0.2) is 14.7 Å². The predicted molar refractivity (Wildman–Crippen MR) is 60.3 cm³/mol. The van der Waals surface area contributed by atoms with E-state index in [4.69, 9.17) is 4.42 Å². The molecule has 2 rings (SSSR count). The first kappa shape index (κ1) is 10.3. The summed E-state index contributed by atoms with van der Waals surface area (Å²) in [6, 6.07) is 0. The van der Waals surface area contributed by atoms with Crippen LogP contribution in [-0.2, 0) is 6.54 Å². The van der Waals surface area contributed by atoms with Gasteiger partial charge in [-0.15, -0.1) is 11.3 Å². The zero-order chi connectivity index (χ0) is 11.0. The van der Waals surface area contributed by atoms with Crippen LogP contribution in [0.4, 0.5) is 0 Å². The van der Waals surface area contributed by atoms with Crippen LogP contribution in [0.2, 0.25) is 0 Å². The van der Waals surface area contributed by atoms with Gasteiger partial charge in [-0.05, 0) is 21.0 Å². The summed E-state index contributed by atoms with van der Waals surface area (Å²) < 4.78 is 6.17. The van der Waals surface area contributed by atoms with E-state index < -0.39 is 0 Å². The van der Waals surface area contributed by atoms with Crippen molar-refractivity contribution in [3.8, 4) is 0 Å². The molecule has 5 heteroatoms. The number of fused-ring (bicyclic) bond motifs is 1. The fourth-order valence-corrected chi connectivity index (χ4v) is 2.26. The van der Waals surface area contributed by atoms with Gasteiger partial charge in [0.15, 0.2) is 5.52 Å². The maximum Gasteiger partial charge on any atom is 0.363 e. The summed E-state index contributed by atoms with van der Waals surface area (Å²) in [5, 5.41) is 0. The van der Waals surface area contributed by atoms with Crippen LogP contribution in [0.25, 0.3) is 10.2 Å². The van der Waals surface area contributed by atoms with E-state index in [1.54, 1.807) is 5.51 Å². The molecule has 0 N–H and O–H groups in total. The Kier molecular flexibility index (Phi) is 2.58. The van der Waals surface area contributed by atoms with Crippen LogP contribution in [0, 0.1) is 6.92 Å². The van der Waals surface area contributed by atoms with E-state index in [-0.39, 0.29) is 5.63 Å². The van der Waals surface area contributed by atoms with Gasteiger partial charge in [-0.2, -0.15) is 0 Å². The number of nitrogens with zero attached hydrogens (tertiary/aromatic N) is 2. The van der Waals surface area contributed by atoms with E-state index in [1.807, 2.05) is 25.9 Å². The Balaban J connectivity index is 2.66. The molecule has 0 aliphatic rings. The highest BCUT2D eigenvalue weighted by molar-refractivity contribution is 7.16. The second kappa shape index (κ2) is 3.75. The maximum absolute atomic E-state index is 11.6. The molecule has 0 spiro atoms. The quantitative estimate of drug-likeness (QED) is 0.777. The molecule has 0 fully saturated rings. The highest BCUT2D eigenvalue weighted by Crippen LogP contribution is 2.22. The molecule has 2 aromatic heterocycles. The monoisotopic (exact) mass is 224 g/mol. The minimum absolute atomic E-state index is 0.339. The van der Waals surface area contributed by atoms with E-state index >= 15 is 0 Å². The second-order valence-electron chi connectivity index (χ2n) is 3.71.